The number of benzene rings is 3. The monoisotopic (exact) mass is 746 g/mol. The molecule has 3 aromatic carbocycles. The minimum Gasteiger partial charge on any atom is -0.444 e. The molecule has 1 aromatic heterocycles. The van der Waals surface area contributed by atoms with E-state index in [2.05, 4.69) is 45.2 Å². The molecular formula is C42H46N6O7. The van der Waals surface area contributed by atoms with Gasteiger partial charge >= 0.3 is 6.09 Å². The summed E-state index contributed by atoms with van der Waals surface area (Å²) in [6.45, 7) is 5.78. The van der Waals surface area contributed by atoms with Crippen LogP contribution in [0, 0.1) is 11.8 Å². The highest BCUT2D eigenvalue weighted by Gasteiger charge is 2.49. The second kappa shape index (κ2) is 15.8. The minimum absolute atomic E-state index is 0.00468. The van der Waals surface area contributed by atoms with E-state index in [1.54, 1.807) is 67.0 Å². The van der Waals surface area contributed by atoms with E-state index in [1.807, 2.05) is 36.4 Å². The zero-order valence-corrected chi connectivity index (χ0v) is 31.1. The van der Waals surface area contributed by atoms with Gasteiger partial charge in [0.2, 0.25) is 11.8 Å². The number of ether oxygens (including phenoxy) is 2. The molecule has 4 amide bonds. The van der Waals surface area contributed by atoms with Gasteiger partial charge in [0.15, 0.2) is 6.23 Å². The van der Waals surface area contributed by atoms with Crippen LogP contribution in [0.3, 0.4) is 0 Å². The summed E-state index contributed by atoms with van der Waals surface area (Å²) in [5.41, 5.74) is 3.37. The Morgan fingerprint density at radius 3 is 1.87 bits per heavy atom. The van der Waals surface area contributed by atoms with E-state index in [1.165, 1.54) is 11.1 Å². The number of hydrogen-bond acceptors (Lipinski definition) is 8. The van der Waals surface area contributed by atoms with Crippen LogP contribution in [0.4, 0.5) is 4.79 Å². The van der Waals surface area contributed by atoms with Gasteiger partial charge in [-0.3, -0.25) is 24.5 Å². The number of carbonyl (C=O) groups excluding carboxylic acids is 5. The summed E-state index contributed by atoms with van der Waals surface area (Å²) in [7, 11) is 0. The van der Waals surface area contributed by atoms with Gasteiger partial charge in [-0.2, -0.15) is 0 Å². The molecule has 13 heteroatoms. The number of aromatic nitrogens is 2. The molecule has 7 rings (SSSR count). The first-order chi connectivity index (χ1) is 26.5. The summed E-state index contributed by atoms with van der Waals surface area (Å²) >= 11 is 0. The summed E-state index contributed by atoms with van der Waals surface area (Å²) in [5.74, 6) is -1.58. The van der Waals surface area contributed by atoms with E-state index in [0.717, 1.165) is 18.4 Å². The lowest BCUT2D eigenvalue weighted by Gasteiger charge is -2.22. The molecule has 0 radical (unpaired) electrons. The number of likely N-dealkylation sites (tertiary alicyclic amines) is 1. The third kappa shape index (κ3) is 9.22. The van der Waals surface area contributed by atoms with Gasteiger partial charge in [-0.05, 0) is 56.9 Å². The van der Waals surface area contributed by atoms with Crippen molar-refractivity contribution in [2.75, 3.05) is 13.1 Å². The van der Waals surface area contributed by atoms with Gasteiger partial charge in [0.25, 0.3) is 12.4 Å². The predicted molar refractivity (Wildman–Crippen MR) is 202 cm³/mol. The molecule has 2 saturated carbocycles. The number of carbonyl (C=O) groups is 5. The number of alkyl carbamates (subject to hydrolysis) is 1. The molecule has 286 valence electrons. The highest BCUT2D eigenvalue weighted by molar-refractivity contribution is 5.97. The Morgan fingerprint density at radius 1 is 0.818 bits per heavy atom. The second-order valence-corrected chi connectivity index (χ2v) is 15.6. The Bertz CT molecular complexity index is 1940. The van der Waals surface area contributed by atoms with E-state index < -0.39 is 29.8 Å². The lowest BCUT2D eigenvalue weighted by atomic mass is 9.94. The van der Waals surface area contributed by atoms with Crippen LogP contribution in [0.5, 0.6) is 0 Å². The summed E-state index contributed by atoms with van der Waals surface area (Å²) in [5, 5.41) is 8.88. The van der Waals surface area contributed by atoms with Gasteiger partial charge < -0.3 is 29.6 Å². The van der Waals surface area contributed by atoms with Crippen molar-refractivity contribution in [1.29, 1.82) is 0 Å². The van der Waals surface area contributed by atoms with Crippen LogP contribution < -0.4 is 16.0 Å². The summed E-state index contributed by atoms with van der Waals surface area (Å²) < 4.78 is 12.0. The predicted octanol–water partition coefficient (Wildman–Crippen LogP) is 4.61. The quantitative estimate of drug-likeness (QED) is 0.132. The molecule has 1 saturated heterocycles. The minimum atomic E-state index is -0.990. The van der Waals surface area contributed by atoms with Crippen LogP contribution in [0.15, 0.2) is 97.5 Å². The maximum absolute atomic E-state index is 13.9. The van der Waals surface area contributed by atoms with Crippen molar-refractivity contribution in [2.45, 2.75) is 75.9 Å². The average molecular weight is 747 g/mol. The average Bonchev–Trinajstić information content (AvgIpc) is 4.00. The SMILES string of the molecule is CC(C)(C)OC(=O)N[C@@H](Cn1cnc(-c2ccc(C(=O)N3C[C@@H](C(=O)N[C@H]4C[C@@H]4c4ccccc4)[C@H](C(=O)N[C@H]4C[C@@H]4c4ccccc4)C3)cc2)c1)OC=O. The highest BCUT2D eigenvalue weighted by atomic mass is 16.6. The first-order valence-corrected chi connectivity index (χ1v) is 18.7. The van der Waals surface area contributed by atoms with Crippen molar-refractivity contribution < 1.29 is 33.4 Å². The maximum Gasteiger partial charge on any atom is 0.410 e. The fourth-order valence-electron chi connectivity index (χ4n) is 7.32. The summed E-state index contributed by atoms with van der Waals surface area (Å²) in [6, 6.07) is 27.1. The molecule has 3 N–H and O–H groups in total. The van der Waals surface area contributed by atoms with Gasteiger partial charge in [-0.1, -0.05) is 72.8 Å². The van der Waals surface area contributed by atoms with Crippen LogP contribution in [-0.4, -0.2) is 81.7 Å². The first-order valence-electron chi connectivity index (χ1n) is 18.7. The number of amides is 4. The van der Waals surface area contributed by atoms with E-state index in [4.69, 9.17) is 9.47 Å². The van der Waals surface area contributed by atoms with Crippen LogP contribution in [0.1, 0.15) is 66.9 Å². The number of rotatable bonds is 13. The van der Waals surface area contributed by atoms with Crippen molar-refractivity contribution in [3.63, 3.8) is 0 Å². The fraction of sp³-hybridized carbons (Fsp3) is 0.381. The molecule has 0 bridgehead atoms. The molecule has 2 aliphatic carbocycles. The number of hydrogen-bond donors (Lipinski definition) is 3. The molecule has 4 aromatic rings. The third-order valence-electron chi connectivity index (χ3n) is 10.3. The molecule has 0 unspecified atom stereocenters. The fourth-order valence-corrected chi connectivity index (χ4v) is 7.32. The Balaban J connectivity index is 1.00. The van der Waals surface area contributed by atoms with Gasteiger partial charge in [0.1, 0.15) is 5.60 Å². The molecule has 55 heavy (non-hydrogen) atoms. The van der Waals surface area contributed by atoms with Gasteiger partial charge in [0.05, 0.1) is 30.4 Å². The lowest BCUT2D eigenvalue weighted by molar-refractivity contribution is -0.135. The standard InChI is InChI=1S/C42H46N6O7/c1-42(2,3)55-41(53)46-37(54-25-49)23-47-22-36(43-24-47)28-14-16-29(17-15-28)40(52)48-20-32(38(50)44-34-18-30(34)26-10-6-4-7-11-26)33(21-48)39(51)45-35-19-31(35)27-12-8-5-9-13-27/h4-17,22,24-25,30-35,37H,18-21,23H2,1-3H3,(H,44,50)(H,45,51)(H,46,53)/t30-,31-,32-,33-,34+,35+,37-/m1/s1. The summed E-state index contributed by atoms with van der Waals surface area (Å²) in [6.07, 6.45) is 3.23. The largest absolute Gasteiger partial charge is 0.444 e. The van der Waals surface area contributed by atoms with Crippen molar-refractivity contribution in [3.05, 3.63) is 114 Å². The van der Waals surface area contributed by atoms with Crippen molar-refractivity contribution in [1.82, 2.24) is 30.4 Å². The van der Waals surface area contributed by atoms with Crippen molar-refractivity contribution in [2.24, 2.45) is 11.8 Å². The smallest absolute Gasteiger partial charge is 0.410 e. The van der Waals surface area contributed by atoms with Gasteiger partial charge in [-0.25, -0.2) is 9.78 Å². The number of nitrogens with one attached hydrogen (secondary N) is 3. The summed E-state index contributed by atoms with van der Waals surface area (Å²) in [4.78, 5) is 70.9. The first kappa shape index (κ1) is 37.3. The number of imidazole rings is 1. The van der Waals surface area contributed by atoms with Crippen molar-refractivity contribution in [3.8, 4) is 11.3 Å². The molecule has 0 spiro atoms. The van der Waals surface area contributed by atoms with E-state index in [-0.39, 0.29) is 67.7 Å². The molecule has 3 aliphatic rings. The molecule has 7 atom stereocenters. The van der Waals surface area contributed by atoms with Crippen LogP contribution in [0.2, 0.25) is 0 Å². The zero-order valence-electron chi connectivity index (χ0n) is 31.1. The van der Waals surface area contributed by atoms with Gasteiger partial charge in [-0.15, -0.1) is 0 Å². The Labute approximate surface area is 319 Å². The van der Waals surface area contributed by atoms with Gasteiger partial charge in [0, 0.05) is 54.3 Å². The molecule has 1 aliphatic heterocycles. The third-order valence-corrected chi connectivity index (χ3v) is 10.3. The maximum atomic E-state index is 13.9. The molecule has 3 fully saturated rings. The molecule has 2 heterocycles. The van der Waals surface area contributed by atoms with Crippen molar-refractivity contribution >= 4 is 30.3 Å². The Morgan fingerprint density at radius 2 is 1.36 bits per heavy atom. The topological polar surface area (TPSA) is 161 Å². The Kier molecular flexibility index (Phi) is 10.7. The normalized spacial score (nSPS) is 23.2. The van der Waals surface area contributed by atoms with E-state index in [0.29, 0.717) is 11.3 Å². The number of nitrogens with zero attached hydrogens (tertiary/aromatic N) is 3. The molecular weight excluding hydrogens is 700 g/mol. The zero-order chi connectivity index (χ0) is 38.7. The lowest BCUT2D eigenvalue weighted by Crippen LogP contribution is -2.43. The van der Waals surface area contributed by atoms with Crippen LogP contribution >= 0.6 is 0 Å². The van der Waals surface area contributed by atoms with E-state index >= 15 is 0 Å². The van der Waals surface area contributed by atoms with E-state index in [9.17, 15) is 24.0 Å². The molecule has 13 nitrogen and oxygen atoms in total. The van der Waals surface area contributed by atoms with Crippen LogP contribution in [0.25, 0.3) is 11.3 Å². The second-order valence-electron chi connectivity index (χ2n) is 15.6. The highest BCUT2D eigenvalue weighted by Crippen LogP contribution is 2.42. The Hall–Kier alpha value is -5.98. The van der Waals surface area contributed by atoms with Crippen LogP contribution in [-0.2, 0) is 30.4 Å².